The van der Waals surface area contributed by atoms with Gasteiger partial charge in [-0.2, -0.15) is 16.4 Å². The Kier molecular flexibility index (Phi) is 3.92. The minimum absolute atomic E-state index is 0.140. The molecule has 0 bridgehead atoms. The van der Waals surface area contributed by atoms with Gasteiger partial charge in [-0.3, -0.25) is 9.48 Å². The van der Waals surface area contributed by atoms with E-state index in [0.717, 1.165) is 11.3 Å². The van der Waals surface area contributed by atoms with Gasteiger partial charge in [0.05, 0.1) is 12.2 Å². The molecule has 1 N–H and O–H groups in total. The van der Waals surface area contributed by atoms with Gasteiger partial charge in [-0.1, -0.05) is 0 Å². The molecule has 122 valence electrons. The summed E-state index contributed by atoms with van der Waals surface area (Å²) >= 11 is 1.65. The van der Waals surface area contributed by atoms with Gasteiger partial charge in [0.2, 0.25) is 6.79 Å². The predicted octanol–water partition coefficient (Wildman–Crippen LogP) is 2.77. The number of benzene rings is 1. The van der Waals surface area contributed by atoms with E-state index in [1.54, 1.807) is 29.5 Å². The van der Waals surface area contributed by atoms with E-state index in [0.29, 0.717) is 30.2 Å². The molecule has 3 heterocycles. The zero-order valence-electron chi connectivity index (χ0n) is 12.8. The van der Waals surface area contributed by atoms with Crippen LogP contribution in [0.1, 0.15) is 10.4 Å². The number of hydrogen-bond donors (Lipinski definition) is 1. The molecule has 1 aliphatic heterocycles. The fourth-order valence-electron chi connectivity index (χ4n) is 2.47. The van der Waals surface area contributed by atoms with Crippen LogP contribution in [0.5, 0.6) is 11.5 Å². The maximum absolute atomic E-state index is 12.2. The minimum Gasteiger partial charge on any atom is -0.454 e. The molecule has 6 nitrogen and oxygen atoms in total. The molecule has 0 aliphatic carbocycles. The first kappa shape index (κ1) is 14.8. The van der Waals surface area contributed by atoms with Crippen LogP contribution >= 0.6 is 11.3 Å². The standard InChI is InChI=1S/C17H15N3O3S/c21-17(12-1-2-15-16(9-12)23-11-22-15)18-5-7-20-6-3-14(19-20)13-4-8-24-10-13/h1-4,6,8-10H,5,7,11H2,(H,18,21). The molecule has 0 fully saturated rings. The second-order valence-corrected chi connectivity index (χ2v) is 6.08. The van der Waals surface area contributed by atoms with Crippen LogP contribution in [-0.4, -0.2) is 29.0 Å². The molecular formula is C17H15N3O3S. The Hall–Kier alpha value is -2.80. The molecule has 0 saturated heterocycles. The molecule has 0 atom stereocenters. The van der Waals surface area contributed by atoms with E-state index >= 15 is 0 Å². The van der Waals surface area contributed by atoms with Crippen molar-refractivity contribution in [2.24, 2.45) is 0 Å². The summed E-state index contributed by atoms with van der Waals surface area (Å²) in [6, 6.07) is 9.18. The fourth-order valence-corrected chi connectivity index (χ4v) is 3.12. The van der Waals surface area contributed by atoms with E-state index in [-0.39, 0.29) is 12.7 Å². The van der Waals surface area contributed by atoms with E-state index in [1.165, 1.54) is 0 Å². The van der Waals surface area contributed by atoms with Crippen LogP contribution in [0.2, 0.25) is 0 Å². The first-order valence-corrected chi connectivity index (χ1v) is 8.48. The lowest BCUT2D eigenvalue weighted by molar-refractivity contribution is 0.0951. The molecule has 4 rings (SSSR count). The maximum Gasteiger partial charge on any atom is 0.251 e. The summed E-state index contributed by atoms with van der Waals surface area (Å²) in [6.45, 7) is 1.31. The summed E-state index contributed by atoms with van der Waals surface area (Å²) in [6.07, 6.45) is 1.92. The largest absolute Gasteiger partial charge is 0.454 e. The number of hydrogen-bond acceptors (Lipinski definition) is 5. The third kappa shape index (κ3) is 2.98. The highest BCUT2D eigenvalue weighted by Crippen LogP contribution is 2.32. The molecule has 1 amide bonds. The monoisotopic (exact) mass is 341 g/mol. The highest BCUT2D eigenvalue weighted by atomic mass is 32.1. The zero-order chi connectivity index (χ0) is 16.4. The quantitative estimate of drug-likeness (QED) is 0.775. The van der Waals surface area contributed by atoms with Gasteiger partial charge in [-0.25, -0.2) is 0 Å². The molecule has 0 spiro atoms. The van der Waals surface area contributed by atoms with Crippen molar-refractivity contribution in [3.63, 3.8) is 0 Å². The first-order valence-electron chi connectivity index (χ1n) is 7.53. The Morgan fingerprint density at radius 3 is 3.04 bits per heavy atom. The summed E-state index contributed by atoms with van der Waals surface area (Å²) in [7, 11) is 0. The van der Waals surface area contributed by atoms with Gasteiger partial charge in [0.1, 0.15) is 0 Å². The Bertz CT molecular complexity index is 858. The second kappa shape index (κ2) is 6.37. The lowest BCUT2D eigenvalue weighted by atomic mass is 10.2. The van der Waals surface area contributed by atoms with Gasteiger partial charge < -0.3 is 14.8 Å². The van der Waals surface area contributed by atoms with Crippen molar-refractivity contribution in [3.05, 3.63) is 52.9 Å². The van der Waals surface area contributed by atoms with Crippen LogP contribution in [0, 0.1) is 0 Å². The van der Waals surface area contributed by atoms with Crippen LogP contribution in [0.4, 0.5) is 0 Å². The molecule has 0 saturated carbocycles. The number of fused-ring (bicyclic) bond motifs is 1. The Balaban J connectivity index is 1.33. The summed E-state index contributed by atoms with van der Waals surface area (Å²) in [5.41, 5.74) is 2.61. The maximum atomic E-state index is 12.2. The summed E-state index contributed by atoms with van der Waals surface area (Å²) in [5.74, 6) is 1.14. The van der Waals surface area contributed by atoms with Crippen molar-refractivity contribution in [3.8, 4) is 22.8 Å². The third-order valence-electron chi connectivity index (χ3n) is 3.72. The normalized spacial score (nSPS) is 12.3. The van der Waals surface area contributed by atoms with E-state index in [9.17, 15) is 4.79 Å². The van der Waals surface area contributed by atoms with Crippen molar-refractivity contribution in [2.45, 2.75) is 6.54 Å². The van der Waals surface area contributed by atoms with Crippen molar-refractivity contribution in [1.29, 1.82) is 0 Å². The van der Waals surface area contributed by atoms with Crippen LogP contribution in [0.15, 0.2) is 47.3 Å². The Labute approximate surface area is 142 Å². The SMILES string of the molecule is O=C(NCCn1ccc(-c2ccsc2)n1)c1ccc2c(c1)OCO2. The molecular weight excluding hydrogens is 326 g/mol. The van der Waals surface area contributed by atoms with E-state index in [1.807, 2.05) is 28.4 Å². The van der Waals surface area contributed by atoms with Crippen LogP contribution in [-0.2, 0) is 6.54 Å². The van der Waals surface area contributed by atoms with Crippen molar-refractivity contribution < 1.29 is 14.3 Å². The highest BCUT2D eigenvalue weighted by Gasteiger charge is 2.16. The number of rotatable bonds is 5. The van der Waals surface area contributed by atoms with Gasteiger partial charge in [0, 0.05) is 29.2 Å². The smallest absolute Gasteiger partial charge is 0.251 e. The molecule has 0 radical (unpaired) electrons. The topological polar surface area (TPSA) is 65.4 Å². The van der Waals surface area contributed by atoms with Gasteiger partial charge in [-0.05, 0) is 35.7 Å². The molecule has 2 aromatic heterocycles. The predicted molar refractivity (Wildman–Crippen MR) is 90.4 cm³/mol. The lowest BCUT2D eigenvalue weighted by Crippen LogP contribution is -2.27. The average molecular weight is 341 g/mol. The third-order valence-corrected chi connectivity index (χ3v) is 4.40. The second-order valence-electron chi connectivity index (χ2n) is 5.30. The number of aromatic nitrogens is 2. The minimum atomic E-state index is -0.140. The Morgan fingerprint density at radius 1 is 1.25 bits per heavy atom. The van der Waals surface area contributed by atoms with Crippen LogP contribution in [0.3, 0.4) is 0 Å². The average Bonchev–Trinajstić information content (AvgIpc) is 3.34. The zero-order valence-corrected chi connectivity index (χ0v) is 13.6. The van der Waals surface area contributed by atoms with E-state index < -0.39 is 0 Å². The molecule has 24 heavy (non-hydrogen) atoms. The number of nitrogens with one attached hydrogen (secondary N) is 1. The molecule has 1 aromatic carbocycles. The van der Waals surface area contributed by atoms with Gasteiger partial charge >= 0.3 is 0 Å². The summed E-state index contributed by atoms with van der Waals surface area (Å²) in [4.78, 5) is 12.2. The van der Waals surface area contributed by atoms with E-state index in [2.05, 4.69) is 15.8 Å². The first-order chi connectivity index (χ1) is 11.8. The van der Waals surface area contributed by atoms with Gasteiger partial charge in [0.25, 0.3) is 5.91 Å². The summed E-state index contributed by atoms with van der Waals surface area (Å²) < 4.78 is 12.4. The van der Waals surface area contributed by atoms with Gasteiger partial charge in [0.15, 0.2) is 11.5 Å². The molecule has 1 aliphatic rings. The number of carbonyl (C=O) groups excluding carboxylic acids is 1. The van der Waals surface area contributed by atoms with Crippen molar-refractivity contribution in [2.75, 3.05) is 13.3 Å². The van der Waals surface area contributed by atoms with E-state index in [4.69, 9.17) is 9.47 Å². The number of thiophene rings is 1. The number of amides is 1. The molecule has 3 aromatic rings. The lowest BCUT2D eigenvalue weighted by Gasteiger charge is -2.06. The fraction of sp³-hybridized carbons (Fsp3) is 0.176. The number of nitrogens with zero attached hydrogens (tertiary/aromatic N) is 2. The van der Waals surface area contributed by atoms with Crippen LogP contribution in [0.25, 0.3) is 11.3 Å². The van der Waals surface area contributed by atoms with Crippen LogP contribution < -0.4 is 14.8 Å². The highest BCUT2D eigenvalue weighted by molar-refractivity contribution is 7.08. The Morgan fingerprint density at radius 2 is 2.17 bits per heavy atom. The molecule has 7 heteroatoms. The van der Waals surface area contributed by atoms with Crippen molar-refractivity contribution >= 4 is 17.2 Å². The summed E-state index contributed by atoms with van der Waals surface area (Å²) in [5, 5.41) is 11.5. The van der Waals surface area contributed by atoms with Crippen molar-refractivity contribution in [1.82, 2.24) is 15.1 Å². The molecule has 0 unspecified atom stereocenters. The number of carbonyl (C=O) groups is 1. The van der Waals surface area contributed by atoms with Gasteiger partial charge in [-0.15, -0.1) is 0 Å². The number of ether oxygens (including phenoxy) is 2.